The van der Waals surface area contributed by atoms with Crippen LogP contribution in [0.1, 0.15) is 5.56 Å². The van der Waals surface area contributed by atoms with Gasteiger partial charge in [0.05, 0.1) is 21.0 Å². The Bertz CT molecular complexity index is 955. The maximum atomic E-state index is 11.3. The molecule has 0 aromatic heterocycles. The van der Waals surface area contributed by atoms with E-state index >= 15 is 0 Å². The fraction of sp³-hybridized carbons (Fsp3) is 0. The molecule has 0 unspecified atom stereocenters. The zero-order valence-electron chi connectivity index (χ0n) is 12.4. The number of hydrazone groups is 1. The summed E-state index contributed by atoms with van der Waals surface area (Å²) in [5, 5.41) is 30.3. The lowest BCUT2D eigenvalue weighted by atomic mass is 10.2. The number of rotatable bonds is 6. The van der Waals surface area contributed by atoms with Gasteiger partial charge in [0.25, 0.3) is 11.4 Å². The second kappa shape index (κ2) is 7.02. The van der Waals surface area contributed by atoms with Crippen molar-refractivity contribution in [2.45, 2.75) is 4.90 Å². The highest BCUT2D eigenvalue weighted by Crippen LogP contribution is 2.27. The quantitative estimate of drug-likeness (QED) is 0.444. The van der Waals surface area contributed by atoms with Gasteiger partial charge in [-0.3, -0.25) is 25.7 Å². The number of hydrogen-bond acceptors (Lipinski definition) is 8. The summed E-state index contributed by atoms with van der Waals surface area (Å²) in [5.74, 6) is 0. The van der Waals surface area contributed by atoms with E-state index in [1.165, 1.54) is 30.5 Å². The van der Waals surface area contributed by atoms with Gasteiger partial charge in [0.15, 0.2) is 0 Å². The summed E-state index contributed by atoms with van der Waals surface area (Å²) in [7, 11) is -4.08. The van der Waals surface area contributed by atoms with Crippen LogP contribution in [0, 0.1) is 20.2 Å². The minimum atomic E-state index is -4.08. The number of nitrogens with two attached hydrogens (primary N) is 1. The van der Waals surface area contributed by atoms with E-state index in [9.17, 15) is 28.6 Å². The van der Waals surface area contributed by atoms with Gasteiger partial charge in [0.1, 0.15) is 5.69 Å². The van der Waals surface area contributed by atoms with Gasteiger partial charge < -0.3 is 0 Å². The SMILES string of the molecule is NS(=O)(=O)c1ccc(NN=Cc2ccc([N+](=O)[O-])cc2)c([N+](=O)[O-])c1. The van der Waals surface area contributed by atoms with Crippen molar-refractivity contribution < 1.29 is 18.3 Å². The van der Waals surface area contributed by atoms with Crippen LogP contribution in [0.5, 0.6) is 0 Å². The minimum Gasteiger partial charge on any atom is -0.272 e. The molecule has 0 saturated carbocycles. The van der Waals surface area contributed by atoms with Crippen molar-refractivity contribution in [2.24, 2.45) is 10.2 Å². The Balaban J connectivity index is 2.22. The number of nitro groups is 2. The molecule has 0 heterocycles. The van der Waals surface area contributed by atoms with Crippen LogP contribution in [-0.2, 0) is 10.0 Å². The van der Waals surface area contributed by atoms with Crippen molar-refractivity contribution in [1.82, 2.24) is 0 Å². The Morgan fingerprint density at radius 3 is 2.20 bits per heavy atom. The predicted octanol–water partition coefficient (Wildman–Crippen LogP) is 1.60. The molecule has 0 aliphatic rings. The van der Waals surface area contributed by atoms with Crippen LogP contribution in [0.4, 0.5) is 17.1 Å². The number of benzene rings is 2. The molecule has 11 nitrogen and oxygen atoms in total. The van der Waals surface area contributed by atoms with Crippen LogP contribution < -0.4 is 10.6 Å². The number of non-ortho nitro benzene ring substituents is 1. The number of hydrogen-bond donors (Lipinski definition) is 2. The lowest BCUT2D eigenvalue weighted by Crippen LogP contribution is -2.12. The Kier molecular flexibility index (Phi) is 5.05. The highest BCUT2D eigenvalue weighted by atomic mass is 32.2. The minimum absolute atomic E-state index is 0.0458. The van der Waals surface area contributed by atoms with Crippen LogP contribution in [0.25, 0.3) is 0 Å². The third-order valence-electron chi connectivity index (χ3n) is 3.00. The zero-order valence-corrected chi connectivity index (χ0v) is 13.2. The summed E-state index contributed by atoms with van der Waals surface area (Å²) in [6, 6.07) is 8.54. The topological polar surface area (TPSA) is 171 Å². The Labute approximate surface area is 141 Å². The van der Waals surface area contributed by atoms with E-state index in [1.54, 1.807) is 0 Å². The molecule has 0 spiro atoms. The van der Waals surface area contributed by atoms with Gasteiger partial charge in [-0.2, -0.15) is 5.10 Å². The molecular formula is C13H11N5O6S. The number of nitrogens with one attached hydrogen (secondary N) is 1. The van der Waals surface area contributed by atoms with Crippen LogP contribution in [0.15, 0.2) is 52.5 Å². The van der Waals surface area contributed by atoms with E-state index in [-0.39, 0.29) is 11.4 Å². The Hall–Kier alpha value is -3.38. The molecule has 2 aromatic rings. The van der Waals surface area contributed by atoms with E-state index in [1.807, 2.05) is 0 Å². The Morgan fingerprint density at radius 2 is 1.68 bits per heavy atom. The summed E-state index contributed by atoms with van der Waals surface area (Å²) in [6.07, 6.45) is 1.29. The van der Waals surface area contributed by atoms with Crippen LogP contribution in [0.3, 0.4) is 0 Å². The van der Waals surface area contributed by atoms with Gasteiger partial charge in [0, 0.05) is 18.2 Å². The second-order valence-corrected chi connectivity index (χ2v) is 6.26. The molecule has 25 heavy (non-hydrogen) atoms. The molecule has 130 valence electrons. The first-order valence-electron chi connectivity index (χ1n) is 6.53. The van der Waals surface area contributed by atoms with Crippen molar-refractivity contribution in [3.63, 3.8) is 0 Å². The fourth-order valence-electron chi connectivity index (χ4n) is 1.79. The average Bonchev–Trinajstić information content (AvgIpc) is 2.54. The van der Waals surface area contributed by atoms with Crippen LogP contribution in [-0.4, -0.2) is 24.5 Å². The maximum Gasteiger partial charge on any atom is 0.295 e. The second-order valence-electron chi connectivity index (χ2n) is 4.70. The van der Waals surface area contributed by atoms with E-state index in [0.717, 1.165) is 18.2 Å². The number of nitro benzene ring substituents is 2. The molecule has 2 rings (SSSR count). The summed E-state index contributed by atoms with van der Waals surface area (Å²) in [4.78, 5) is 19.9. The maximum absolute atomic E-state index is 11.3. The van der Waals surface area contributed by atoms with Crippen molar-refractivity contribution in [3.05, 3.63) is 68.3 Å². The fourth-order valence-corrected chi connectivity index (χ4v) is 2.33. The van der Waals surface area contributed by atoms with Crippen molar-refractivity contribution in [1.29, 1.82) is 0 Å². The molecule has 0 bridgehead atoms. The largest absolute Gasteiger partial charge is 0.295 e. The van der Waals surface area contributed by atoms with Crippen LogP contribution >= 0.6 is 0 Å². The first kappa shape index (κ1) is 18.0. The first-order valence-corrected chi connectivity index (χ1v) is 8.08. The van der Waals surface area contributed by atoms with E-state index in [0.29, 0.717) is 5.56 Å². The van der Waals surface area contributed by atoms with Crippen LogP contribution in [0.2, 0.25) is 0 Å². The number of primary sulfonamides is 1. The standard InChI is InChI=1S/C13H11N5O6S/c14-25(23,24)11-5-6-12(13(7-11)18(21)22)16-15-8-9-1-3-10(4-2-9)17(19)20/h1-8,16H,(H2,14,23,24). The van der Waals surface area contributed by atoms with Gasteiger partial charge in [-0.05, 0) is 29.8 Å². The molecule has 0 fully saturated rings. The highest BCUT2D eigenvalue weighted by molar-refractivity contribution is 7.89. The number of nitrogens with zero attached hydrogens (tertiary/aromatic N) is 3. The van der Waals surface area contributed by atoms with Gasteiger partial charge in [-0.15, -0.1) is 0 Å². The molecule has 0 radical (unpaired) electrons. The predicted molar refractivity (Wildman–Crippen MR) is 88.8 cm³/mol. The van der Waals surface area contributed by atoms with Crippen molar-refractivity contribution in [3.8, 4) is 0 Å². The molecule has 0 atom stereocenters. The monoisotopic (exact) mass is 365 g/mol. The van der Waals surface area contributed by atoms with Gasteiger partial charge in [0.2, 0.25) is 10.0 Å². The molecule has 12 heteroatoms. The van der Waals surface area contributed by atoms with Crippen molar-refractivity contribution in [2.75, 3.05) is 5.43 Å². The lowest BCUT2D eigenvalue weighted by molar-refractivity contribution is -0.384. The third kappa shape index (κ3) is 4.55. The average molecular weight is 365 g/mol. The molecule has 0 amide bonds. The number of anilines is 1. The summed E-state index contributed by atoms with van der Waals surface area (Å²) >= 11 is 0. The molecule has 3 N–H and O–H groups in total. The molecule has 0 aliphatic carbocycles. The summed E-state index contributed by atoms with van der Waals surface area (Å²) in [5.41, 5.74) is 2.28. The number of sulfonamides is 1. The summed E-state index contributed by atoms with van der Waals surface area (Å²) in [6.45, 7) is 0. The Morgan fingerprint density at radius 1 is 1.04 bits per heavy atom. The molecule has 0 aliphatic heterocycles. The smallest absolute Gasteiger partial charge is 0.272 e. The van der Waals surface area contributed by atoms with Gasteiger partial charge in [-0.1, -0.05) is 0 Å². The lowest BCUT2D eigenvalue weighted by Gasteiger charge is -2.04. The van der Waals surface area contributed by atoms with Gasteiger partial charge >= 0.3 is 0 Å². The molecule has 2 aromatic carbocycles. The molecular weight excluding hydrogens is 354 g/mol. The van der Waals surface area contributed by atoms with Gasteiger partial charge in [-0.25, -0.2) is 13.6 Å². The van der Waals surface area contributed by atoms with E-state index in [4.69, 9.17) is 5.14 Å². The highest BCUT2D eigenvalue weighted by Gasteiger charge is 2.18. The molecule has 0 saturated heterocycles. The van der Waals surface area contributed by atoms with E-state index in [2.05, 4.69) is 10.5 Å². The van der Waals surface area contributed by atoms with E-state index < -0.39 is 30.5 Å². The normalized spacial score (nSPS) is 11.4. The third-order valence-corrected chi connectivity index (χ3v) is 3.91. The summed E-state index contributed by atoms with van der Waals surface area (Å²) < 4.78 is 22.5. The zero-order chi connectivity index (χ0) is 18.6. The first-order chi connectivity index (χ1) is 11.7. The van der Waals surface area contributed by atoms with Crippen molar-refractivity contribution >= 4 is 33.3 Å².